The minimum atomic E-state index is 0.369. The summed E-state index contributed by atoms with van der Waals surface area (Å²) in [6, 6.07) is 15.8. The molecule has 3 rings (SSSR count). The van der Waals surface area contributed by atoms with Crippen LogP contribution < -0.4 is 10.1 Å². The lowest BCUT2D eigenvalue weighted by atomic mass is 9.89. The molecule has 1 unspecified atom stereocenters. The van der Waals surface area contributed by atoms with Gasteiger partial charge >= 0.3 is 0 Å². The maximum atomic E-state index is 5.49. The molecule has 1 atom stereocenters. The fourth-order valence-electron chi connectivity index (χ4n) is 3.28. The Bertz CT molecular complexity index is 633. The average molecular weight is 309 g/mol. The lowest BCUT2D eigenvalue weighted by Gasteiger charge is -2.20. The van der Waals surface area contributed by atoms with Crippen molar-refractivity contribution < 1.29 is 4.74 Å². The molecule has 122 valence electrons. The van der Waals surface area contributed by atoms with Gasteiger partial charge in [-0.25, -0.2) is 0 Å². The normalized spacial score (nSPS) is 15.0. The first kappa shape index (κ1) is 16.1. The van der Waals surface area contributed by atoms with Crippen LogP contribution in [-0.4, -0.2) is 6.61 Å². The van der Waals surface area contributed by atoms with Gasteiger partial charge in [0.25, 0.3) is 0 Å². The maximum absolute atomic E-state index is 5.49. The van der Waals surface area contributed by atoms with Crippen molar-refractivity contribution in [1.82, 2.24) is 5.32 Å². The van der Waals surface area contributed by atoms with Gasteiger partial charge in [0.05, 0.1) is 6.61 Å². The minimum absolute atomic E-state index is 0.369. The second kappa shape index (κ2) is 7.65. The molecule has 1 N–H and O–H groups in total. The molecule has 0 heterocycles. The van der Waals surface area contributed by atoms with E-state index in [0.29, 0.717) is 12.6 Å². The molecule has 2 aromatic rings. The van der Waals surface area contributed by atoms with E-state index in [2.05, 4.69) is 42.6 Å². The molecule has 2 nitrogen and oxygen atoms in total. The topological polar surface area (TPSA) is 21.3 Å². The third kappa shape index (κ3) is 4.14. The van der Waals surface area contributed by atoms with Gasteiger partial charge in [0, 0.05) is 12.6 Å². The van der Waals surface area contributed by atoms with Crippen LogP contribution in [-0.2, 0) is 19.4 Å². The van der Waals surface area contributed by atoms with Crippen LogP contribution in [0.1, 0.15) is 55.0 Å². The second-order valence-corrected chi connectivity index (χ2v) is 6.41. The monoisotopic (exact) mass is 309 g/mol. The highest BCUT2D eigenvalue weighted by atomic mass is 16.5. The maximum Gasteiger partial charge on any atom is 0.119 e. The summed E-state index contributed by atoms with van der Waals surface area (Å²) < 4.78 is 5.49. The zero-order valence-electron chi connectivity index (χ0n) is 14.3. The molecule has 0 bridgehead atoms. The fraction of sp³-hybridized carbons (Fsp3) is 0.429. The fourth-order valence-corrected chi connectivity index (χ4v) is 3.28. The van der Waals surface area contributed by atoms with Crippen molar-refractivity contribution in [3.8, 4) is 5.75 Å². The van der Waals surface area contributed by atoms with Crippen LogP contribution in [0.15, 0.2) is 42.5 Å². The quantitative estimate of drug-likeness (QED) is 0.826. The lowest BCUT2D eigenvalue weighted by Crippen LogP contribution is -2.18. The molecule has 1 aliphatic rings. The van der Waals surface area contributed by atoms with Gasteiger partial charge in [0.2, 0.25) is 0 Å². The van der Waals surface area contributed by atoms with E-state index in [-0.39, 0.29) is 0 Å². The predicted octanol–water partition coefficient (Wildman–Crippen LogP) is 4.81. The van der Waals surface area contributed by atoms with Crippen LogP contribution in [0.2, 0.25) is 0 Å². The standard InChI is InChI=1S/C21H27NO/c1-3-23-21-12-8-17(9-13-21)15-22-16(2)19-11-10-18-6-4-5-7-20(18)14-19/h8-14,16,22H,3-7,15H2,1-2H3. The van der Waals surface area contributed by atoms with Crippen LogP contribution >= 0.6 is 0 Å². The van der Waals surface area contributed by atoms with Crippen LogP contribution in [0, 0.1) is 0 Å². The third-order valence-electron chi connectivity index (χ3n) is 4.72. The van der Waals surface area contributed by atoms with E-state index in [4.69, 9.17) is 4.74 Å². The minimum Gasteiger partial charge on any atom is -0.494 e. The summed E-state index contributed by atoms with van der Waals surface area (Å²) in [5, 5.41) is 3.63. The number of hydrogen-bond acceptors (Lipinski definition) is 2. The Balaban J connectivity index is 1.59. The molecular weight excluding hydrogens is 282 g/mol. The van der Waals surface area contributed by atoms with Gasteiger partial charge in [-0.15, -0.1) is 0 Å². The first-order valence-corrected chi connectivity index (χ1v) is 8.83. The first-order valence-electron chi connectivity index (χ1n) is 8.83. The third-order valence-corrected chi connectivity index (χ3v) is 4.72. The highest BCUT2D eigenvalue weighted by molar-refractivity contribution is 5.35. The molecule has 0 amide bonds. The largest absolute Gasteiger partial charge is 0.494 e. The van der Waals surface area contributed by atoms with E-state index in [1.165, 1.54) is 36.8 Å². The van der Waals surface area contributed by atoms with E-state index < -0.39 is 0 Å². The summed E-state index contributed by atoms with van der Waals surface area (Å²) in [4.78, 5) is 0. The van der Waals surface area contributed by atoms with Gasteiger partial charge in [0.15, 0.2) is 0 Å². The van der Waals surface area contributed by atoms with E-state index in [1.54, 1.807) is 11.1 Å². The number of ether oxygens (including phenoxy) is 1. The summed E-state index contributed by atoms with van der Waals surface area (Å²) in [5.41, 5.74) is 5.80. The highest BCUT2D eigenvalue weighted by Gasteiger charge is 2.12. The molecule has 0 saturated carbocycles. The van der Waals surface area contributed by atoms with Crippen molar-refractivity contribution in [2.75, 3.05) is 6.61 Å². The molecular formula is C21H27NO. The summed E-state index contributed by atoms with van der Waals surface area (Å²) >= 11 is 0. The Labute approximate surface area is 139 Å². The Morgan fingerprint density at radius 2 is 1.74 bits per heavy atom. The average Bonchev–Trinajstić information content (AvgIpc) is 2.60. The number of aryl methyl sites for hydroxylation is 2. The van der Waals surface area contributed by atoms with Gasteiger partial charge in [-0.05, 0) is 73.9 Å². The van der Waals surface area contributed by atoms with E-state index in [1.807, 2.05) is 19.1 Å². The van der Waals surface area contributed by atoms with E-state index in [9.17, 15) is 0 Å². The number of fused-ring (bicyclic) bond motifs is 1. The van der Waals surface area contributed by atoms with Crippen LogP contribution in [0.3, 0.4) is 0 Å². The SMILES string of the molecule is CCOc1ccc(CNC(C)c2ccc3c(c2)CCCC3)cc1. The summed E-state index contributed by atoms with van der Waals surface area (Å²) in [6.45, 7) is 5.85. The van der Waals surface area contributed by atoms with Crippen molar-refractivity contribution in [3.63, 3.8) is 0 Å². The highest BCUT2D eigenvalue weighted by Crippen LogP contribution is 2.25. The summed E-state index contributed by atoms with van der Waals surface area (Å²) in [6.07, 6.45) is 5.18. The van der Waals surface area contributed by atoms with Crippen molar-refractivity contribution in [2.45, 2.75) is 52.1 Å². The Kier molecular flexibility index (Phi) is 5.35. The predicted molar refractivity (Wildman–Crippen MR) is 95.9 cm³/mol. The Morgan fingerprint density at radius 3 is 2.48 bits per heavy atom. The molecule has 0 spiro atoms. The zero-order valence-corrected chi connectivity index (χ0v) is 14.3. The lowest BCUT2D eigenvalue weighted by molar-refractivity contribution is 0.340. The summed E-state index contributed by atoms with van der Waals surface area (Å²) in [7, 11) is 0. The van der Waals surface area contributed by atoms with Crippen molar-refractivity contribution >= 4 is 0 Å². The summed E-state index contributed by atoms with van der Waals surface area (Å²) in [5.74, 6) is 0.944. The molecule has 23 heavy (non-hydrogen) atoms. The molecule has 0 aliphatic heterocycles. The number of hydrogen-bond donors (Lipinski definition) is 1. The molecule has 0 fully saturated rings. The number of benzene rings is 2. The molecule has 0 radical (unpaired) electrons. The van der Waals surface area contributed by atoms with Gasteiger partial charge < -0.3 is 10.1 Å². The van der Waals surface area contributed by atoms with Gasteiger partial charge in [0.1, 0.15) is 5.75 Å². The van der Waals surface area contributed by atoms with Crippen molar-refractivity contribution in [1.29, 1.82) is 0 Å². The van der Waals surface area contributed by atoms with Crippen LogP contribution in [0.25, 0.3) is 0 Å². The molecule has 1 aliphatic carbocycles. The zero-order chi connectivity index (χ0) is 16.1. The molecule has 2 aromatic carbocycles. The van der Waals surface area contributed by atoms with Gasteiger partial charge in [-0.2, -0.15) is 0 Å². The van der Waals surface area contributed by atoms with Crippen molar-refractivity contribution in [3.05, 3.63) is 64.7 Å². The Morgan fingerprint density at radius 1 is 1.00 bits per heavy atom. The van der Waals surface area contributed by atoms with Gasteiger partial charge in [-0.3, -0.25) is 0 Å². The van der Waals surface area contributed by atoms with Gasteiger partial charge in [-0.1, -0.05) is 30.3 Å². The van der Waals surface area contributed by atoms with E-state index in [0.717, 1.165) is 12.3 Å². The molecule has 2 heteroatoms. The van der Waals surface area contributed by atoms with Crippen LogP contribution in [0.4, 0.5) is 0 Å². The smallest absolute Gasteiger partial charge is 0.119 e. The van der Waals surface area contributed by atoms with Crippen molar-refractivity contribution in [2.24, 2.45) is 0 Å². The Hall–Kier alpha value is -1.80. The molecule has 0 aromatic heterocycles. The first-order chi connectivity index (χ1) is 11.3. The second-order valence-electron chi connectivity index (χ2n) is 6.41. The number of rotatable bonds is 6. The van der Waals surface area contributed by atoms with Crippen LogP contribution in [0.5, 0.6) is 5.75 Å². The molecule has 0 saturated heterocycles. The number of nitrogens with one attached hydrogen (secondary N) is 1. The van der Waals surface area contributed by atoms with E-state index >= 15 is 0 Å².